The minimum atomic E-state index is -0.500. The fourth-order valence-electron chi connectivity index (χ4n) is 2.43. The number of rotatable bonds is 6. The molecule has 0 radical (unpaired) electrons. The maximum Gasteiger partial charge on any atom is 0.268 e. The molecule has 3 aromatic rings. The topological polar surface area (TPSA) is 83.6 Å². The maximum absolute atomic E-state index is 12.5. The van der Waals surface area contributed by atoms with Crippen molar-refractivity contribution in [3.05, 3.63) is 63.3 Å². The Kier molecular flexibility index (Phi) is 6.16. The molecule has 0 fully saturated rings. The molecule has 6 nitrogen and oxygen atoms in total. The van der Waals surface area contributed by atoms with Crippen LogP contribution >= 0.6 is 27.3 Å². The highest BCUT2D eigenvalue weighted by Gasteiger charge is 2.14. The zero-order chi connectivity index (χ0) is 19.2. The van der Waals surface area contributed by atoms with Gasteiger partial charge >= 0.3 is 0 Å². The van der Waals surface area contributed by atoms with E-state index in [1.54, 1.807) is 6.08 Å². The molecule has 0 atom stereocenters. The molecule has 0 aliphatic heterocycles. The smallest absolute Gasteiger partial charge is 0.268 e. The number of anilines is 1. The number of carbonyl (C=O) groups is 1. The molecule has 0 aliphatic rings. The van der Waals surface area contributed by atoms with Crippen LogP contribution in [0.15, 0.2) is 52.6 Å². The van der Waals surface area contributed by atoms with Gasteiger partial charge in [-0.15, -0.1) is 10.2 Å². The van der Waals surface area contributed by atoms with E-state index < -0.39 is 5.91 Å². The maximum atomic E-state index is 12.5. The van der Waals surface area contributed by atoms with Crippen molar-refractivity contribution in [2.45, 2.75) is 19.8 Å². The summed E-state index contributed by atoms with van der Waals surface area (Å²) in [4.78, 5) is 12.5. The monoisotopic (exact) mass is 441 g/mol. The first-order chi connectivity index (χ1) is 13.1. The van der Waals surface area contributed by atoms with Crippen LogP contribution < -0.4 is 5.32 Å². The molecule has 0 bridgehead atoms. The minimum absolute atomic E-state index is 0.000645. The lowest BCUT2D eigenvalue weighted by Crippen LogP contribution is -2.13. The summed E-state index contributed by atoms with van der Waals surface area (Å²) in [6, 6.07) is 13.4. The van der Waals surface area contributed by atoms with Gasteiger partial charge in [0.1, 0.15) is 16.6 Å². The van der Waals surface area contributed by atoms with Gasteiger partial charge < -0.3 is 4.57 Å². The van der Waals surface area contributed by atoms with Crippen LogP contribution in [0, 0.1) is 11.3 Å². The second-order valence-electron chi connectivity index (χ2n) is 5.65. The van der Waals surface area contributed by atoms with E-state index in [4.69, 9.17) is 0 Å². The summed E-state index contributed by atoms with van der Waals surface area (Å²) in [5, 5.41) is 21.3. The molecular weight excluding hydrogens is 426 g/mol. The number of amides is 1. The first kappa shape index (κ1) is 19.0. The average molecular weight is 442 g/mol. The first-order valence-electron chi connectivity index (χ1n) is 8.29. The van der Waals surface area contributed by atoms with E-state index in [9.17, 15) is 10.1 Å². The molecule has 0 spiro atoms. The number of halogens is 1. The van der Waals surface area contributed by atoms with E-state index in [1.165, 1.54) is 11.3 Å². The Balaban J connectivity index is 1.82. The van der Waals surface area contributed by atoms with Crippen LogP contribution in [0.3, 0.4) is 0 Å². The van der Waals surface area contributed by atoms with Gasteiger partial charge in [-0.05, 0) is 48.9 Å². The Hall–Kier alpha value is -2.76. The van der Waals surface area contributed by atoms with Crippen molar-refractivity contribution in [1.82, 2.24) is 14.8 Å². The van der Waals surface area contributed by atoms with E-state index in [0.29, 0.717) is 5.13 Å². The summed E-state index contributed by atoms with van der Waals surface area (Å²) in [5.74, 6) is -0.500. The van der Waals surface area contributed by atoms with Gasteiger partial charge in [-0.25, -0.2) is 0 Å². The summed E-state index contributed by atoms with van der Waals surface area (Å²) in [5.41, 5.74) is 1.66. The van der Waals surface area contributed by atoms with Crippen LogP contribution in [-0.2, 0) is 11.2 Å². The fourth-order valence-corrected chi connectivity index (χ4v) is 3.53. The van der Waals surface area contributed by atoms with Crippen molar-refractivity contribution in [3.63, 3.8) is 0 Å². The van der Waals surface area contributed by atoms with Crippen LogP contribution in [0.4, 0.5) is 5.13 Å². The molecule has 0 saturated heterocycles. The Morgan fingerprint density at radius 3 is 2.81 bits per heavy atom. The Morgan fingerprint density at radius 1 is 1.33 bits per heavy atom. The van der Waals surface area contributed by atoms with Crippen molar-refractivity contribution >= 4 is 44.4 Å². The third-order valence-electron chi connectivity index (χ3n) is 3.69. The summed E-state index contributed by atoms with van der Waals surface area (Å²) in [6.45, 7) is 2.05. The standard InChI is InChI=1S/C19H16BrN5OS/c1-2-4-17-23-24-19(27-17)22-18(26)13(12-21)11-16-5-3-10-25(16)15-8-6-14(20)7-9-15/h3,5-11H,2,4H2,1H3,(H,22,24,26)/b13-11-. The van der Waals surface area contributed by atoms with Crippen molar-refractivity contribution in [3.8, 4) is 11.8 Å². The summed E-state index contributed by atoms with van der Waals surface area (Å²) >= 11 is 4.74. The number of aryl methyl sites for hydroxylation is 1. The zero-order valence-corrected chi connectivity index (χ0v) is 16.9. The lowest BCUT2D eigenvalue weighted by Gasteiger charge is -2.07. The lowest BCUT2D eigenvalue weighted by molar-refractivity contribution is -0.112. The number of aromatic nitrogens is 3. The number of benzene rings is 1. The predicted octanol–water partition coefficient (Wildman–Crippen LogP) is 4.59. The highest BCUT2D eigenvalue weighted by atomic mass is 79.9. The SMILES string of the molecule is CCCc1nnc(NC(=O)/C(C#N)=C\c2cccn2-c2ccc(Br)cc2)s1. The van der Waals surface area contributed by atoms with E-state index >= 15 is 0 Å². The molecule has 27 heavy (non-hydrogen) atoms. The molecule has 3 rings (SSSR count). The summed E-state index contributed by atoms with van der Waals surface area (Å²) < 4.78 is 2.88. The number of carbonyl (C=O) groups excluding carboxylic acids is 1. The largest absolute Gasteiger partial charge is 0.317 e. The summed E-state index contributed by atoms with van der Waals surface area (Å²) in [6.07, 6.45) is 5.21. The van der Waals surface area contributed by atoms with Gasteiger partial charge in [0.15, 0.2) is 0 Å². The molecule has 1 amide bonds. The zero-order valence-electron chi connectivity index (χ0n) is 14.5. The molecule has 0 aliphatic carbocycles. The second kappa shape index (κ2) is 8.75. The van der Waals surface area contributed by atoms with Gasteiger partial charge in [0, 0.05) is 28.5 Å². The normalized spacial score (nSPS) is 11.2. The van der Waals surface area contributed by atoms with Gasteiger partial charge in [0.2, 0.25) is 5.13 Å². The van der Waals surface area contributed by atoms with Crippen LogP contribution in [0.25, 0.3) is 11.8 Å². The Labute approximate surface area is 169 Å². The third kappa shape index (κ3) is 4.70. The van der Waals surface area contributed by atoms with Gasteiger partial charge in [0.05, 0.1) is 0 Å². The number of hydrogen-bond acceptors (Lipinski definition) is 5. The minimum Gasteiger partial charge on any atom is -0.317 e. The Morgan fingerprint density at radius 2 is 2.11 bits per heavy atom. The number of nitriles is 1. The first-order valence-corrected chi connectivity index (χ1v) is 9.90. The molecular formula is C19H16BrN5OS. The van der Waals surface area contributed by atoms with Crippen LogP contribution in [0.2, 0.25) is 0 Å². The number of hydrogen-bond donors (Lipinski definition) is 1. The summed E-state index contributed by atoms with van der Waals surface area (Å²) in [7, 11) is 0. The molecule has 0 unspecified atom stereocenters. The van der Waals surface area contributed by atoms with Crippen LogP contribution in [0.5, 0.6) is 0 Å². The molecule has 136 valence electrons. The van der Waals surface area contributed by atoms with Crippen LogP contribution in [-0.4, -0.2) is 20.7 Å². The van der Waals surface area contributed by atoms with Crippen molar-refractivity contribution in [2.24, 2.45) is 0 Å². The molecule has 1 aromatic carbocycles. The van der Waals surface area contributed by atoms with E-state index in [1.807, 2.05) is 53.2 Å². The van der Waals surface area contributed by atoms with Gasteiger partial charge in [-0.1, -0.05) is 34.2 Å². The van der Waals surface area contributed by atoms with Crippen molar-refractivity contribution < 1.29 is 4.79 Å². The molecule has 2 aromatic heterocycles. The van der Waals surface area contributed by atoms with Crippen LogP contribution in [0.1, 0.15) is 24.0 Å². The predicted molar refractivity (Wildman–Crippen MR) is 110 cm³/mol. The van der Waals surface area contributed by atoms with Crippen molar-refractivity contribution in [1.29, 1.82) is 5.26 Å². The quantitative estimate of drug-likeness (QED) is 0.447. The second-order valence-corrected chi connectivity index (χ2v) is 7.63. The van der Waals surface area contributed by atoms with E-state index in [-0.39, 0.29) is 5.57 Å². The highest BCUT2D eigenvalue weighted by Crippen LogP contribution is 2.20. The highest BCUT2D eigenvalue weighted by molar-refractivity contribution is 9.10. The third-order valence-corrected chi connectivity index (χ3v) is 5.12. The molecule has 8 heteroatoms. The Bertz CT molecular complexity index is 1010. The molecule has 0 saturated carbocycles. The number of nitrogens with one attached hydrogen (secondary N) is 1. The molecule has 1 N–H and O–H groups in total. The average Bonchev–Trinajstić information content (AvgIpc) is 3.30. The van der Waals surface area contributed by atoms with E-state index in [2.05, 4.69) is 38.4 Å². The lowest BCUT2D eigenvalue weighted by atomic mass is 10.2. The number of nitrogens with zero attached hydrogens (tertiary/aromatic N) is 4. The van der Waals surface area contributed by atoms with Gasteiger partial charge in [-0.2, -0.15) is 5.26 Å². The van der Waals surface area contributed by atoms with Gasteiger partial charge in [0.25, 0.3) is 5.91 Å². The fraction of sp³-hybridized carbons (Fsp3) is 0.158. The van der Waals surface area contributed by atoms with Crippen molar-refractivity contribution in [2.75, 3.05) is 5.32 Å². The van der Waals surface area contributed by atoms with Gasteiger partial charge in [-0.3, -0.25) is 10.1 Å². The van der Waals surface area contributed by atoms with E-state index in [0.717, 1.165) is 33.7 Å². The molecule has 2 heterocycles.